The summed E-state index contributed by atoms with van der Waals surface area (Å²) in [6.45, 7) is 3.54. The van der Waals surface area contributed by atoms with Crippen LogP contribution in [0.2, 0.25) is 0 Å². The zero-order valence-corrected chi connectivity index (χ0v) is 14.7. The van der Waals surface area contributed by atoms with E-state index in [1.807, 2.05) is 54.6 Å². The summed E-state index contributed by atoms with van der Waals surface area (Å²) in [7, 11) is 0. The van der Waals surface area contributed by atoms with E-state index in [1.54, 1.807) is 13.8 Å². The Morgan fingerprint density at radius 3 is 2.35 bits per heavy atom. The molecule has 0 aromatic heterocycles. The smallest absolute Gasteiger partial charge is 0.263 e. The predicted octanol–water partition coefficient (Wildman–Crippen LogP) is 4.24. The van der Waals surface area contributed by atoms with Crippen molar-refractivity contribution in [2.45, 2.75) is 20.4 Å². The Labute approximate surface area is 145 Å². The third kappa shape index (κ3) is 4.95. The molecule has 4 heteroatoms. The minimum absolute atomic E-state index is 0.128. The van der Waals surface area contributed by atoms with Gasteiger partial charge in [0.25, 0.3) is 5.91 Å². The summed E-state index contributed by atoms with van der Waals surface area (Å²) >= 11 is 3.35. The van der Waals surface area contributed by atoms with Gasteiger partial charge in [-0.25, -0.2) is 5.06 Å². The molecule has 0 bridgehead atoms. The molecule has 0 aliphatic rings. The van der Waals surface area contributed by atoms with Gasteiger partial charge in [0.1, 0.15) is 5.41 Å². The SMILES string of the molecule is CC(C)(C#Cc1ccccc1)C(=O)N(O)Cc1ccc(Br)cc1. The van der Waals surface area contributed by atoms with Gasteiger partial charge in [-0.05, 0) is 43.7 Å². The van der Waals surface area contributed by atoms with Crippen LogP contribution in [0.4, 0.5) is 0 Å². The summed E-state index contributed by atoms with van der Waals surface area (Å²) in [6, 6.07) is 16.9. The number of amides is 1. The maximum Gasteiger partial charge on any atom is 0.263 e. The zero-order valence-electron chi connectivity index (χ0n) is 13.1. The Kier molecular flexibility index (Phi) is 5.59. The highest BCUT2D eigenvalue weighted by atomic mass is 79.9. The van der Waals surface area contributed by atoms with Gasteiger partial charge in [0.05, 0.1) is 6.54 Å². The minimum Gasteiger partial charge on any atom is -0.286 e. The van der Waals surface area contributed by atoms with E-state index in [0.29, 0.717) is 0 Å². The maximum atomic E-state index is 12.4. The molecule has 0 fully saturated rings. The largest absolute Gasteiger partial charge is 0.286 e. The molecular formula is C19H18BrNO2. The summed E-state index contributed by atoms with van der Waals surface area (Å²) in [5.74, 6) is 5.49. The number of rotatable bonds is 3. The molecule has 2 rings (SSSR count). The van der Waals surface area contributed by atoms with Gasteiger partial charge >= 0.3 is 0 Å². The first kappa shape index (κ1) is 17.3. The zero-order chi connectivity index (χ0) is 16.9. The molecule has 0 aliphatic carbocycles. The number of hydrogen-bond acceptors (Lipinski definition) is 2. The van der Waals surface area contributed by atoms with E-state index >= 15 is 0 Å². The Morgan fingerprint density at radius 2 is 1.74 bits per heavy atom. The summed E-state index contributed by atoms with van der Waals surface area (Å²) < 4.78 is 0.950. The van der Waals surface area contributed by atoms with E-state index < -0.39 is 11.3 Å². The van der Waals surface area contributed by atoms with Crippen molar-refractivity contribution >= 4 is 21.8 Å². The first-order valence-corrected chi connectivity index (χ1v) is 8.01. The maximum absolute atomic E-state index is 12.4. The third-order valence-electron chi connectivity index (χ3n) is 3.31. The fourth-order valence-electron chi connectivity index (χ4n) is 1.96. The standard InChI is InChI=1S/C19H18BrNO2/c1-19(2,13-12-15-6-4-3-5-7-15)18(22)21(23)14-16-8-10-17(20)11-9-16/h3-11,23H,14H2,1-2H3. The topological polar surface area (TPSA) is 40.5 Å². The first-order chi connectivity index (χ1) is 10.9. The monoisotopic (exact) mass is 371 g/mol. The Morgan fingerprint density at radius 1 is 1.13 bits per heavy atom. The van der Waals surface area contributed by atoms with Gasteiger partial charge in [-0.1, -0.05) is 58.1 Å². The van der Waals surface area contributed by atoms with Crippen LogP contribution in [0.3, 0.4) is 0 Å². The van der Waals surface area contributed by atoms with Crippen molar-refractivity contribution < 1.29 is 10.0 Å². The number of halogens is 1. The van der Waals surface area contributed by atoms with Crippen LogP contribution in [0.25, 0.3) is 0 Å². The highest BCUT2D eigenvalue weighted by molar-refractivity contribution is 9.10. The second kappa shape index (κ2) is 7.45. The molecule has 0 unspecified atom stereocenters. The lowest BCUT2D eigenvalue weighted by Crippen LogP contribution is -2.37. The van der Waals surface area contributed by atoms with Crippen LogP contribution in [0.1, 0.15) is 25.0 Å². The van der Waals surface area contributed by atoms with Gasteiger partial charge in [0.15, 0.2) is 0 Å². The van der Waals surface area contributed by atoms with Crippen molar-refractivity contribution in [1.82, 2.24) is 5.06 Å². The first-order valence-electron chi connectivity index (χ1n) is 7.22. The number of hydroxylamine groups is 2. The van der Waals surface area contributed by atoms with E-state index in [-0.39, 0.29) is 6.54 Å². The van der Waals surface area contributed by atoms with Gasteiger partial charge in [-0.2, -0.15) is 0 Å². The van der Waals surface area contributed by atoms with Crippen molar-refractivity contribution in [3.8, 4) is 11.8 Å². The molecule has 0 saturated carbocycles. The highest BCUT2D eigenvalue weighted by Crippen LogP contribution is 2.19. The van der Waals surface area contributed by atoms with Crippen LogP contribution < -0.4 is 0 Å². The quantitative estimate of drug-likeness (QED) is 0.497. The molecule has 0 saturated heterocycles. The van der Waals surface area contributed by atoms with Crippen molar-refractivity contribution in [1.29, 1.82) is 0 Å². The Balaban J connectivity index is 2.08. The molecule has 0 aliphatic heterocycles. The summed E-state index contributed by atoms with van der Waals surface area (Å²) in [5.41, 5.74) is 0.710. The average molecular weight is 372 g/mol. The molecule has 0 heterocycles. The van der Waals surface area contributed by atoms with Gasteiger partial charge in [-0.15, -0.1) is 0 Å². The third-order valence-corrected chi connectivity index (χ3v) is 3.84. The van der Waals surface area contributed by atoms with E-state index in [1.165, 1.54) is 0 Å². The summed E-state index contributed by atoms with van der Waals surface area (Å²) in [6.07, 6.45) is 0. The fourth-order valence-corrected chi connectivity index (χ4v) is 2.22. The van der Waals surface area contributed by atoms with E-state index in [9.17, 15) is 10.0 Å². The van der Waals surface area contributed by atoms with E-state index in [4.69, 9.17) is 0 Å². The van der Waals surface area contributed by atoms with Crippen LogP contribution in [-0.2, 0) is 11.3 Å². The van der Waals surface area contributed by atoms with Gasteiger partial charge < -0.3 is 0 Å². The molecule has 2 aromatic rings. The lowest BCUT2D eigenvalue weighted by molar-refractivity contribution is -0.175. The molecule has 0 atom stereocenters. The Hall–Kier alpha value is -2.09. The van der Waals surface area contributed by atoms with Gasteiger partial charge in [-0.3, -0.25) is 10.0 Å². The van der Waals surface area contributed by atoms with Crippen molar-refractivity contribution in [3.05, 3.63) is 70.2 Å². The second-order valence-corrected chi connectivity index (χ2v) is 6.65. The van der Waals surface area contributed by atoms with Crippen LogP contribution in [-0.4, -0.2) is 16.2 Å². The number of nitrogens with zero attached hydrogens (tertiary/aromatic N) is 1. The highest BCUT2D eigenvalue weighted by Gasteiger charge is 2.30. The molecule has 23 heavy (non-hydrogen) atoms. The van der Waals surface area contributed by atoms with Crippen molar-refractivity contribution in [2.24, 2.45) is 5.41 Å². The fraction of sp³-hybridized carbons (Fsp3) is 0.211. The van der Waals surface area contributed by atoms with E-state index in [0.717, 1.165) is 20.7 Å². The molecule has 1 amide bonds. The van der Waals surface area contributed by atoms with Gasteiger partial charge in [0, 0.05) is 10.0 Å². The molecule has 1 N–H and O–H groups in total. The van der Waals surface area contributed by atoms with Crippen LogP contribution >= 0.6 is 15.9 Å². The molecule has 0 spiro atoms. The number of carbonyl (C=O) groups excluding carboxylic acids is 1. The predicted molar refractivity (Wildman–Crippen MR) is 93.6 cm³/mol. The van der Waals surface area contributed by atoms with Gasteiger partial charge in [0.2, 0.25) is 0 Å². The van der Waals surface area contributed by atoms with Crippen LogP contribution in [0.5, 0.6) is 0 Å². The molecule has 3 nitrogen and oxygen atoms in total. The Bertz CT molecular complexity index is 727. The molecule has 2 aromatic carbocycles. The van der Waals surface area contributed by atoms with E-state index in [2.05, 4.69) is 27.8 Å². The summed E-state index contributed by atoms with van der Waals surface area (Å²) in [4.78, 5) is 12.4. The van der Waals surface area contributed by atoms with Crippen molar-refractivity contribution in [2.75, 3.05) is 0 Å². The number of benzene rings is 2. The molecular weight excluding hydrogens is 354 g/mol. The lowest BCUT2D eigenvalue weighted by Gasteiger charge is -2.23. The van der Waals surface area contributed by atoms with Crippen molar-refractivity contribution in [3.63, 3.8) is 0 Å². The normalized spacial score (nSPS) is 10.6. The molecule has 0 radical (unpaired) electrons. The minimum atomic E-state index is -0.972. The van der Waals surface area contributed by atoms with Crippen LogP contribution in [0, 0.1) is 17.3 Å². The second-order valence-electron chi connectivity index (χ2n) is 5.73. The van der Waals surface area contributed by atoms with Crippen LogP contribution in [0.15, 0.2) is 59.1 Å². The summed E-state index contributed by atoms with van der Waals surface area (Å²) in [5, 5.41) is 10.8. The lowest BCUT2D eigenvalue weighted by atomic mass is 9.92. The number of carbonyl (C=O) groups is 1. The molecule has 118 valence electrons. The average Bonchev–Trinajstić information content (AvgIpc) is 2.55. The number of hydrogen-bond donors (Lipinski definition) is 1.